The molecule has 0 aromatic carbocycles. The molecule has 0 saturated heterocycles. The number of hydrogen-bond donors (Lipinski definition) is 1. The number of rotatable bonds is 7. The van der Waals surface area contributed by atoms with Crippen LogP contribution in [-0.4, -0.2) is 24.9 Å². The Morgan fingerprint density at radius 3 is 2.80 bits per heavy atom. The maximum absolute atomic E-state index is 5.67. The first kappa shape index (κ1) is 15.0. The molecule has 0 unspecified atom stereocenters. The number of aromatic nitrogens is 5. The lowest BCUT2D eigenvalue weighted by atomic mass is 10.3. The summed E-state index contributed by atoms with van der Waals surface area (Å²) in [4.78, 5) is 4.34. The Morgan fingerprint density at radius 2 is 2.15 bits per heavy atom. The highest BCUT2D eigenvalue weighted by molar-refractivity contribution is 7.98. The third-order valence-electron chi connectivity index (χ3n) is 2.74. The summed E-state index contributed by atoms with van der Waals surface area (Å²) in [5, 5.41) is 13.0. The summed E-state index contributed by atoms with van der Waals surface area (Å²) in [5.41, 5.74) is 5.67. The van der Waals surface area contributed by atoms with Crippen LogP contribution < -0.4 is 5.73 Å². The van der Waals surface area contributed by atoms with Crippen LogP contribution in [0.3, 0.4) is 0 Å². The smallest absolute Gasteiger partial charge is 0.237 e. The van der Waals surface area contributed by atoms with E-state index in [0.29, 0.717) is 18.2 Å². The Bertz CT molecular complexity index is 550. The second-order valence-corrected chi connectivity index (χ2v) is 5.65. The van der Waals surface area contributed by atoms with Gasteiger partial charge in [-0.25, -0.2) is 0 Å². The summed E-state index contributed by atoms with van der Waals surface area (Å²) < 4.78 is 7.24. The molecule has 0 saturated carbocycles. The van der Waals surface area contributed by atoms with Gasteiger partial charge in [0.2, 0.25) is 5.89 Å². The predicted molar refractivity (Wildman–Crippen MR) is 76.2 cm³/mol. The summed E-state index contributed by atoms with van der Waals surface area (Å²) in [6.07, 6.45) is 1.85. The van der Waals surface area contributed by atoms with Gasteiger partial charge in [0.1, 0.15) is 5.82 Å². The molecule has 2 N–H and O–H groups in total. The fraction of sp³-hybridized carbons (Fsp3) is 0.667. The molecule has 0 aliphatic rings. The fourth-order valence-corrected chi connectivity index (χ4v) is 2.79. The Balaban J connectivity index is 2.04. The molecule has 2 aromatic heterocycles. The van der Waals surface area contributed by atoms with E-state index in [0.717, 1.165) is 29.6 Å². The monoisotopic (exact) mass is 296 g/mol. The van der Waals surface area contributed by atoms with Crippen molar-refractivity contribution in [3.63, 3.8) is 0 Å². The molecule has 0 amide bonds. The first-order chi connectivity index (χ1) is 9.65. The van der Waals surface area contributed by atoms with E-state index in [-0.39, 0.29) is 6.04 Å². The molecular weight excluding hydrogens is 276 g/mol. The third-order valence-corrected chi connectivity index (χ3v) is 3.67. The topological polar surface area (TPSA) is 95.6 Å². The lowest BCUT2D eigenvalue weighted by Gasteiger charge is -2.11. The lowest BCUT2D eigenvalue weighted by Crippen LogP contribution is -2.11. The quantitative estimate of drug-likeness (QED) is 0.780. The van der Waals surface area contributed by atoms with Gasteiger partial charge in [-0.15, -0.1) is 10.2 Å². The van der Waals surface area contributed by atoms with E-state index in [1.54, 1.807) is 0 Å². The summed E-state index contributed by atoms with van der Waals surface area (Å²) in [5.74, 6) is 2.76. The molecule has 110 valence electrons. The fourth-order valence-electron chi connectivity index (χ4n) is 1.86. The Labute approximate surface area is 122 Å². The molecule has 0 radical (unpaired) electrons. The maximum atomic E-state index is 5.67. The standard InChI is InChI=1S/C12H20N6OS/c1-4-5-9-14-11(19-17-9)7-20-12-16-15-10(6-13)18(12)8(2)3/h8H,4-7,13H2,1-3H3. The highest BCUT2D eigenvalue weighted by atomic mass is 32.2. The molecule has 0 aliphatic carbocycles. The second-order valence-electron chi connectivity index (χ2n) is 4.71. The van der Waals surface area contributed by atoms with Crippen molar-refractivity contribution in [2.75, 3.05) is 0 Å². The van der Waals surface area contributed by atoms with Crippen molar-refractivity contribution in [1.29, 1.82) is 0 Å². The number of aryl methyl sites for hydroxylation is 1. The van der Waals surface area contributed by atoms with E-state index >= 15 is 0 Å². The van der Waals surface area contributed by atoms with Gasteiger partial charge in [0.05, 0.1) is 12.3 Å². The summed E-state index contributed by atoms with van der Waals surface area (Å²) in [7, 11) is 0. The highest BCUT2D eigenvalue weighted by Crippen LogP contribution is 2.24. The van der Waals surface area contributed by atoms with Gasteiger partial charge in [0.15, 0.2) is 11.0 Å². The van der Waals surface area contributed by atoms with Crippen molar-refractivity contribution >= 4 is 11.8 Å². The van der Waals surface area contributed by atoms with Gasteiger partial charge in [-0.1, -0.05) is 23.8 Å². The highest BCUT2D eigenvalue weighted by Gasteiger charge is 2.15. The van der Waals surface area contributed by atoms with Gasteiger partial charge in [0, 0.05) is 12.5 Å². The van der Waals surface area contributed by atoms with Crippen molar-refractivity contribution in [2.24, 2.45) is 5.73 Å². The van der Waals surface area contributed by atoms with Crippen LogP contribution in [0.25, 0.3) is 0 Å². The van der Waals surface area contributed by atoms with E-state index in [1.807, 2.05) is 4.57 Å². The molecule has 0 aliphatic heterocycles. The van der Waals surface area contributed by atoms with E-state index in [4.69, 9.17) is 10.3 Å². The average molecular weight is 296 g/mol. The van der Waals surface area contributed by atoms with Crippen LogP contribution in [0.15, 0.2) is 9.68 Å². The van der Waals surface area contributed by atoms with Gasteiger partial charge in [-0.2, -0.15) is 4.98 Å². The second kappa shape index (κ2) is 6.85. The van der Waals surface area contributed by atoms with Crippen molar-refractivity contribution in [3.05, 3.63) is 17.5 Å². The third kappa shape index (κ3) is 3.37. The normalized spacial score (nSPS) is 11.4. The van der Waals surface area contributed by atoms with Crippen molar-refractivity contribution in [2.45, 2.75) is 57.1 Å². The van der Waals surface area contributed by atoms with Crippen LogP contribution in [0.1, 0.15) is 50.8 Å². The Morgan fingerprint density at radius 1 is 1.35 bits per heavy atom. The SMILES string of the molecule is CCCc1noc(CSc2nnc(CN)n2C(C)C)n1. The summed E-state index contributed by atoms with van der Waals surface area (Å²) >= 11 is 1.53. The molecule has 0 spiro atoms. The Kier molecular flexibility index (Phi) is 5.13. The molecule has 8 heteroatoms. The van der Waals surface area contributed by atoms with Gasteiger partial charge in [-0.3, -0.25) is 0 Å². The molecule has 0 atom stereocenters. The van der Waals surface area contributed by atoms with E-state index in [2.05, 4.69) is 41.1 Å². The predicted octanol–water partition coefficient (Wildman–Crippen LogP) is 1.95. The first-order valence-corrected chi connectivity index (χ1v) is 7.72. The molecule has 2 aromatic rings. The van der Waals surface area contributed by atoms with Crippen LogP contribution in [0, 0.1) is 0 Å². The van der Waals surface area contributed by atoms with E-state index in [1.165, 1.54) is 11.8 Å². The zero-order chi connectivity index (χ0) is 14.5. The van der Waals surface area contributed by atoms with Crippen molar-refractivity contribution < 1.29 is 4.52 Å². The maximum Gasteiger partial charge on any atom is 0.237 e. The number of nitrogens with two attached hydrogens (primary N) is 1. The largest absolute Gasteiger partial charge is 0.338 e. The van der Waals surface area contributed by atoms with Crippen LogP contribution in [0.5, 0.6) is 0 Å². The first-order valence-electron chi connectivity index (χ1n) is 6.73. The Hall–Kier alpha value is -1.41. The summed E-state index contributed by atoms with van der Waals surface area (Å²) in [6, 6.07) is 0.268. The average Bonchev–Trinajstić information content (AvgIpc) is 3.02. The number of hydrogen-bond acceptors (Lipinski definition) is 7. The van der Waals surface area contributed by atoms with Gasteiger partial charge >= 0.3 is 0 Å². The minimum atomic E-state index is 0.268. The molecule has 0 fully saturated rings. The van der Waals surface area contributed by atoms with E-state index in [9.17, 15) is 0 Å². The zero-order valence-corrected chi connectivity index (χ0v) is 12.9. The van der Waals surface area contributed by atoms with Gasteiger partial charge in [0.25, 0.3) is 0 Å². The number of thioether (sulfide) groups is 1. The number of nitrogens with zero attached hydrogens (tertiary/aromatic N) is 5. The van der Waals surface area contributed by atoms with Crippen molar-refractivity contribution in [3.8, 4) is 0 Å². The minimum Gasteiger partial charge on any atom is -0.338 e. The summed E-state index contributed by atoms with van der Waals surface area (Å²) in [6.45, 7) is 6.63. The van der Waals surface area contributed by atoms with Gasteiger partial charge < -0.3 is 14.8 Å². The molecule has 2 heterocycles. The lowest BCUT2D eigenvalue weighted by molar-refractivity contribution is 0.384. The molecule has 20 heavy (non-hydrogen) atoms. The molecule has 7 nitrogen and oxygen atoms in total. The molecule has 2 rings (SSSR count). The van der Waals surface area contributed by atoms with Crippen LogP contribution in [0.2, 0.25) is 0 Å². The minimum absolute atomic E-state index is 0.268. The van der Waals surface area contributed by atoms with Gasteiger partial charge in [-0.05, 0) is 20.3 Å². The van der Waals surface area contributed by atoms with Crippen LogP contribution >= 0.6 is 11.8 Å². The molecule has 0 bridgehead atoms. The zero-order valence-electron chi connectivity index (χ0n) is 12.0. The van der Waals surface area contributed by atoms with Crippen molar-refractivity contribution in [1.82, 2.24) is 24.9 Å². The van der Waals surface area contributed by atoms with Crippen LogP contribution in [-0.2, 0) is 18.7 Å². The molecular formula is C12H20N6OS. The van der Waals surface area contributed by atoms with E-state index < -0.39 is 0 Å². The van der Waals surface area contributed by atoms with Crippen LogP contribution in [0.4, 0.5) is 0 Å².